The summed E-state index contributed by atoms with van der Waals surface area (Å²) in [6.45, 7) is 3.44. The van der Waals surface area contributed by atoms with Crippen LogP contribution in [0, 0.1) is 0 Å². The van der Waals surface area contributed by atoms with Crippen molar-refractivity contribution in [1.29, 1.82) is 0 Å². The fourth-order valence-corrected chi connectivity index (χ4v) is 2.95. The minimum atomic E-state index is -0.885. The topological polar surface area (TPSA) is 96.0 Å². The molecule has 0 aromatic heterocycles. The van der Waals surface area contributed by atoms with Crippen LogP contribution in [0.2, 0.25) is 0 Å². The zero-order chi connectivity index (χ0) is 19.0. The second kappa shape index (κ2) is 6.62. The Hall–Kier alpha value is -3.16. The van der Waals surface area contributed by atoms with E-state index in [0.717, 1.165) is 4.90 Å². The summed E-state index contributed by atoms with van der Waals surface area (Å²) < 4.78 is 5.46. The van der Waals surface area contributed by atoms with Gasteiger partial charge >= 0.3 is 0 Å². The average molecular weight is 357 g/mol. The van der Waals surface area contributed by atoms with E-state index >= 15 is 0 Å². The average Bonchev–Trinajstić information content (AvgIpc) is 2.85. The van der Waals surface area contributed by atoms with Gasteiger partial charge in [-0.1, -0.05) is 12.6 Å². The second-order valence-corrected chi connectivity index (χ2v) is 6.38. The first-order valence-electron chi connectivity index (χ1n) is 8.13. The molecule has 1 atom stereocenters. The molecule has 1 saturated heterocycles. The van der Waals surface area contributed by atoms with Crippen LogP contribution < -0.4 is 10.1 Å². The Labute approximate surface area is 150 Å². The SMILES string of the molecule is C=C1CCC(N2C(=O)c3cccc(OCC(=O)N(C)C)c3C2=O)C(=O)N1. The quantitative estimate of drug-likeness (QED) is 0.794. The van der Waals surface area contributed by atoms with E-state index in [4.69, 9.17) is 4.74 Å². The monoisotopic (exact) mass is 357 g/mol. The van der Waals surface area contributed by atoms with Crippen LogP contribution in [0.5, 0.6) is 5.75 Å². The van der Waals surface area contributed by atoms with Gasteiger partial charge in [-0.15, -0.1) is 0 Å². The number of amides is 4. The molecule has 8 nitrogen and oxygen atoms in total. The van der Waals surface area contributed by atoms with Crippen molar-refractivity contribution in [3.05, 3.63) is 41.6 Å². The van der Waals surface area contributed by atoms with Crippen molar-refractivity contribution >= 4 is 23.6 Å². The lowest BCUT2D eigenvalue weighted by Crippen LogP contribution is -2.51. The molecule has 0 spiro atoms. The van der Waals surface area contributed by atoms with Crippen molar-refractivity contribution in [2.24, 2.45) is 0 Å². The molecule has 26 heavy (non-hydrogen) atoms. The molecule has 8 heteroatoms. The van der Waals surface area contributed by atoms with Crippen molar-refractivity contribution in [2.75, 3.05) is 20.7 Å². The summed E-state index contributed by atoms with van der Waals surface area (Å²) in [7, 11) is 3.18. The largest absolute Gasteiger partial charge is 0.483 e. The normalized spacial score (nSPS) is 19.3. The molecular formula is C18H19N3O5. The summed E-state index contributed by atoms with van der Waals surface area (Å²) in [5.41, 5.74) is 0.817. The van der Waals surface area contributed by atoms with Crippen LogP contribution in [-0.2, 0) is 9.59 Å². The van der Waals surface area contributed by atoms with Gasteiger partial charge < -0.3 is 15.0 Å². The number of piperidine rings is 1. The zero-order valence-electron chi connectivity index (χ0n) is 14.6. The third-order valence-electron chi connectivity index (χ3n) is 4.39. The molecule has 1 aromatic rings. The van der Waals surface area contributed by atoms with Crippen LogP contribution in [0.15, 0.2) is 30.5 Å². The highest BCUT2D eigenvalue weighted by atomic mass is 16.5. The molecule has 1 aromatic carbocycles. The number of ether oxygens (including phenoxy) is 1. The fourth-order valence-electron chi connectivity index (χ4n) is 2.95. The Kier molecular flexibility index (Phi) is 4.50. The number of carbonyl (C=O) groups excluding carboxylic acids is 4. The van der Waals surface area contributed by atoms with Gasteiger partial charge in [0.2, 0.25) is 5.91 Å². The van der Waals surface area contributed by atoms with Gasteiger partial charge in [0.25, 0.3) is 17.7 Å². The minimum Gasteiger partial charge on any atom is -0.483 e. The number of rotatable bonds is 4. The molecule has 2 aliphatic heterocycles. The molecule has 1 unspecified atom stereocenters. The molecule has 0 saturated carbocycles. The van der Waals surface area contributed by atoms with Gasteiger partial charge in [-0.3, -0.25) is 24.1 Å². The number of imide groups is 1. The maximum Gasteiger partial charge on any atom is 0.266 e. The second-order valence-electron chi connectivity index (χ2n) is 6.38. The third-order valence-corrected chi connectivity index (χ3v) is 4.39. The highest BCUT2D eigenvalue weighted by molar-refractivity contribution is 6.24. The summed E-state index contributed by atoms with van der Waals surface area (Å²) in [6.07, 6.45) is 0.815. The lowest BCUT2D eigenvalue weighted by molar-refractivity contribution is -0.130. The van der Waals surface area contributed by atoms with E-state index in [9.17, 15) is 19.2 Å². The van der Waals surface area contributed by atoms with Gasteiger partial charge in [-0.25, -0.2) is 0 Å². The van der Waals surface area contributed by atoms with E-state index in [1.165, 1.54) is 17.0 Å². The van der Waals surface area contributed by atoms with Crippen LogP contribution in [0.25, 0.3) is 0 Å². The first-order valence-corrected chi connectivity index (χ1v) is 8.13. The molecule has 0 aliphatic carbocycles. The molecule has 0 bridgehead atoms. The van der Waals surface area contributed by atoms with E-state index in [0.29, 0.717) is 18.5 Å². The predicted molar refractivity (Wildman–Crippen MR) is 91.4 cm³/mol. The lowest BCUT2D eigenvalue weighted by atomic mass is 10.0. The van der Waals surface area contributed by atoms with E-state index < -0.39 is 23.8 Å². The molecule has 1 fully saturated rings. The third kappa shape index (κ3) is 2.94. The summed E-state index contributed by atoms with van der Waals surface area (Å²) >= 11 is 0. The smallest absolute Gasteiger partial charge is 0.266 e. The lowest BCUT2D eigenvalue weighted by Gasteiger charge is -2.29. The van der Waals surface area contributed by atoms with Crippen LogP contribution in [0.3, 0.4) is 0 Å². The summed E-state index contributed by atoms with van der Waals surface area (Å²) in [5, 5.41) is 2.58. The standard InChI is InChI=1S/C18H19N3O5/c1-10-7-8-12(16(23)19-10)21-17(24)11-5-4-6-13(15(11)18(21)25)26-9-14(22)20(2)3/h4-6,12H,1,7-9H2,2-3H3,(H,19,23). The highest BCUT2D eigenvalue weighted by Gasteiger charge is 2.45. The number of nitrogens with zero attached hydrogens (tertiary/aromatic N) is 2. The first kappa shape index (κ1) is 17.7. The molecular weight excluding hydrogens is 338 g/mol. The van der Waals surface area contributed by atoms with Crippen molar-refractivity contribution < 1.29 is 23.9 Å². The Morgan fingerprint density at radius 3 is 2.69 bits per heavy atom. The van der Waals surface area contributed by atoms with Crippen LogP contribution in [0.1, 0.15) is 33.6 Å². The molecule has 3 rings (SSSR count). The molecule has 136 valence electrons. The molecule has 4 amide bonds. The van der Waals surface area contributed by atoms with Crippen molar-refractivity contribution in [3.63, 3.8) is 0 Å². The Bertz CT molecular complexity index is 830. The van der Waals surface area contributed by atoms with Gasteiger partial charge in [0.15, 0.2) is 6.61 Å². The number of fused-ring (bicyclic) bond motifs is 1. The minimum absolute atomic E-state index is 0.0845. The maximum absolute atomic E-state index is 12.9. The van der Waals surface area contributed by atoms with Crippen LogP contribution >= 0.6 is 0 Å². The summed E-state index contributed by atoms with van der Waals surface area (Å²) in [4.78, 5) is 51.8. The number of carbonyl (C=O) groups is 4. The van der Waals surface area contributed by atoms with E-state index in [2.05, 4.69) is 11.9 Å². The van der Waals surface area contributed by atoms with E-state index in [1.807, 2.05) is 0 Å². The number of benzene rings is 1. The molecule has 0 radical (unpaired) electrons. The highest BCUT2D eigenvalue weighted by Crippen LogP contribution is 2.33. The predicted octanol–water partition coefficient (Wildman–Crippen LogP) is 0.542. The number of nitrogens with one attached hydrogen (secondary N) is 1. The van der Waals surface area contributed by atoms with Crippen molar-refractivity contribution in [1.82, 2.24) is 15.1 Å². The molecule has 2 aliphatic rings. The Balaban J connectivity index is 1.88. The van der Waals surface area contributed by atoms with Gasteiger partial charge in [-0.05, 0) is 25.0 Å². The molecule has 2 heterocycles. The van der Waals surface area contributed by atoms with Gasteiger partial charge in [0.05, 0.1) is 11.1 Å². The number of allylic oxidation sites excluding steroid dienone is 1. The van der Waals surface area contributed by atoms with E-state index in [1.54, 1.807) is 20.2 Å². The first-order chi connectivity index (χ1) is 12.3. The maximum atomic E-state index is 12.9. The Morgan fingerprint density at radius 2 is 2.04 bits per heavy atom. The number of hydrogen-bond acceptors (Lipinski definition) is 5. The van der Waals surface area contributed by atoms with E-state index in [-0.39, 0.29) is 29.4 Å². The van der Waals surface area contributed by atoms with Crippen molar-refractivity contribution in [2.45, 2.75) is 18.9 Å². The molecule has 1 N–H and O–H groups in total. The Morgan fingerprint density at radius 1 is 1.31 bits per heavy atom. The van der Waals surface area contributed by atoms with Crippen molar-refractivity contribution in [3.8, 4) is 5.75 Å². The summed E-state index contributed by atoms with van der Waals surface area (Å²) in [5.74, 6) is -1.69. The zero-order valence-corrected chi connectivity index (χ0v) is 14.6. The van der Waals surface area contributed by atoms with Crippen LogP contribution in [-0.4, -0.2) is 60.2 Å². The van der Waals surface area contributed by atoms with Gasteiger partial charge in [0.1, 0.15) is 11.8 Å². The number of likely N-dealkylation sites (N-methyl/N-ethyl adjacent to an activating group) is 1. The number of hydrogen-bond donors (Lipinski definition) is 1. The fraction of sp³-hybridized carbons (Fsp3) is 0.333. The van der Waals surface area contributed by atoms with Gasteiger partial charge in [-0.2, -0.15) is 0 Å². The summed E-state index contributed by atoms with van der Waals surface area (Å²) in [6, 6.07) is 3.73. The van der Waals surface area contributed by atoms with Gasteiger partial charge in [0, 0.05) is 19.8 Å². The van der Waals surface area contributed by atoms with Crippen LogP contribution in [0.4, 0.5) is 0 Å².